The molecule has 41 heavy (non-hydrogen) atoms. The molecule has 1 fully saturated rings. The molecule has 1 aliphatic rings. The highest BCUT2D eigenvalue weighted by atomic mass is 32.2. The number of carbonyl (C=O) groups excluding carboxylic acids is 1. The Morgan fingerprint density at radius 1 is 1.10 bits per heavy atom. The number of nitrogens with zero attached hydrogens (tertiary/aromatic N) is 1. The SMILES string of the molecule is CCCCc1oc2cc(F)c(NS(C)(=O)=O)cc2c1C(=O)c1ccc(OCCCN2CCCCC2)c(C(F)(F)F)c1. The summed E-state index contributed by atoms with van der Waals surface area (Å²) in [6, 6.07) is 5.24. The van der Waals surface area contributed by atoms with E-state index >= 15 is 0 Å². The lowest BCUT2D eigenvalue weighted by atomic mass is 9.96. The fourth-order valence-electron chi connectivity index (χ4n) is 5.03. The van der Waals surface area contributed by atoms with Crippen molar-refractivity contribution in [2.24, 2.45) is 0 Å². The van der Waals surface area contributed by atoms with Crippen LogP contribution >= 0.6 is 0 Å². The average Bonchev–Trinajstić information content (AvgIpc) is 3.25. The van der Waals surface area contributed by atoms with Gasteiger partial charge < -0.3 is 14.1 Å². The van der Waals surface area contributed by atoms with Crippen LogP contribution in [-0.4, -0.2) is 51.6 Å². The second kappa shape index (κ2) is 12.8. The van der Waals surface area contributed by atoms with Crippen LogP contribution in [0.25, 0.3) is 11.0 Å². The molecular formula is C29H34F4N2O5S. The number of rotatable bonds is 12. The molecule has 0 unspecified atom stereocenters. The van der Waals surface area contributed by atoms with Gasteiger partial charge in [-0.1, -0.05) is 19.8 Å². The third-order valence-electron chi connectivity index (χ3n) is 7.00. The highest BCUT2D eigenvalue weighted by Gasteiger charge is 2.36. The van der Waals surface area contributed by atoms with Gasteiger partial charge >= 0.3 is 6.18 Å². The van der Waals surface area contributed by atoms with Gasteiger partial charge in [0.15, 0.2) is 11.6 Å². The molecule has 0 bridgehead atoms. The van der Waals surface area contributed by atoms with Crippen molar-refractivity contribution >= 4 is 32.5 Å². The van der Waals surface area contributed by atoms with Crippen molar-refractivity contribution in [3.63, 3.8) is 0 Å². The first-order valence-corrected chi connectivity index (χ1v) is 15.6. The number of unbranched alkanes of at least 4 members (excludes halogenated alkanes) is 1. The molecule has 224 valence electrons. The Morgan fingerprint density at radius 3 is 2.49 bits per heavy atom. The maximum atomic E-state index is 14.6. The van der Waals surface area contributed by atoms with Gasteiger partial charge in [0.2, 0.25) is 10.0 Å². The Hall–Kier alpha value is -3.12. The van der Waals surface area contributed by atoms with Gasteiger partial charge in [0, 0.05) is 30.0 Å². The van der Waals surface area contributed by atoms with E-state index in [0.717, 1.165) is 69.4 Å². The number of hydrogen-bond acceptors (Lipinski definition) is 6. The van der Waals surface area contributed by atoms with Crippen LogP contribution < -0.4 is 9.46 Å². The lowest BCUT2D eigenvalue weighted by molar-refractivity contribution is -0.139. The second-order valence-electron chi connectivity index (χ2n) is 10.3. The number of benzene rings is 2. The predicted molar refractivity (Wildman–Crippen MR) is 149 cm³/mol. The number of piperidine rings is 1. The fraction of sp³-hybridized carbons (Fsp3) is 0.483. The first kappa shape index (κ1) is 30.8. The zero-order valence-electron chi connectivity index (χ0n) is 23.1. The number of anilines is 1. The van der Waals surface area contributed by atoms with E-state index < -0.39 is 39.1 Å². The summed E-state index contributed by atoms with van der Waals surface area (Å²) in [6.07, 6.45) is 1.69. The summed E-state index contributed by atoms with van der Waals surface area (Å²) in [5.41, 5.74) is -1.77. The topological polar surface area (TPSA) is 88.8 Å². The van der Waals surface area contributed by atoms with Crippen molar-refractivity contribution in [3.05, 3.63) is 58.6 Å². The molecule has 0 atom stereocenters. The first-order valence-electron chi connectivity index (χ1n) is 13.7. The van der Waals surface area contributed by atoms with Gasteiger partial charge in [-0.25, -0.2) is 12.8 Å². The van der Waals surface area contributed by atoms with Gasteiger partial charge in [0.25, 0.3) is 0 Å². The molecule has 4 rings (SSSR count). The van der Waals surface area contributed by atoms with Crippen LogP contribution in [0.1, 0.15) is 72.7 Å². The Balaban J connectivity index is 1.66. The minimum absolute atomic E-state index is 0.0132. The average molecular weight is 599 g/mol. The van der Waals surface area contributed by atoms with Crippen LogP contribution in [0.15, 0.2) is 34.7 Å². The number of hydrogen-bond donors (Lipinski definition) is 1. The fourth-order valence-corrected chi connectivity index (χ4v) is 5.58. The number of ether oxygens (including phenoxy) is 1. The van der Waals surface area contributed by atoms with Gasteiger partial charge in [-0.15, -0.1) is 0 Å². The lowest BCUT2D eigenvalue weighted by Gasteiger charge is -2.26. The summed E-state index contributed by atoms with van der Waals surface area (Å²) >= 11 is 0. The van der Waals surface area contributed by atoms with E-state index in [1.807, 2.05) is 6.92 Å². The number of furan rings is 1. The second-order valence-corrected chi connectivity index (χ2v) is 12.1. The molecule has 1 aliphatic heterocycles. The van der Waals surface area contributed by atoms with Crippen LogP contribution in [0.5, 0.6) is 5.75 Å². The van der Waals surface area contributed by atoms with Crippen LogP contribution in [0.3, 0.4) is 0 Å². The quantitative estimate of drug-likeness (QED) is 0.140. The van der Waals surface area contributed by atoms with Crippen LogP contribution in [0, 0.1) is 5.82 Å². The van der Waals surface area contributed by atoms with Gasteiger partial charge in [-0.3, -0.25) is 9.52 Å². The van der Waals surface area contributed by atoms with Crippen LogP contribution in [-0.2, 0) is 22.6 Å². The molecular weight excluding hydrogens is 564 g/mol. The van der Waals surface area contributed by atoms with E-state index in [9.17, 15) is 30.8 Å². The number of ketones is 1. The molecule has 2 aromatic carbocycles. The van der Waals surface area contributed by atoms with Gasteiger partial charge in [-0.05, 0) is 63.0 Å². The third-order valence-corrected chi connectivity index (χ3v) is 7.59. The van der Waals surface area contributed by atoms with Crippen molar-refractivity contribution in [2.45, 2.75) is 58.0 Å². The molecule has 0 spiro atoms. The molecule has 0 aliphatic carbocycles. The number of carbonyl (C=O) groups is 1. The Morgan fingerprint density at radius 2 is 1.83 bits per heavy atom. The Bertz CT molecular complexity index is 1500. The summed E-state index contributed by atoms with van der Waals surface area (Å²) in [5.74, 6) is -1.85. The third kappa shape index (κ3) is 7.79. The molecule has 7 nitrogen and oxygen atoms in total. The predicted octanol–water partition coefficient (Wildman–Crippen LogP) is 6.79. The summed E-state index contributed by atoms with van der Waals surface area (Å²) in [4.78, 5) is 16.0. The summed E-state index contributed by atoms with van der Waals surface area (Å²) in [7, 11) is -3.85. The summed E-state index contributed by atoms with van der Waals surface area (Å²) in [5, 5.41) is 0.0975. The number of halogens is 4. The highest BCUT2D eigenvalue weighted by Crippen LogP contribution is 2.39. The summed E-state index contributed by atoms with van der Waals surface area (Å²) in [6.45, 7) is 4.71. The van der Waals surface area contributed by atoms with Crippen molar-refractivity contribution in [1.29, 1.82) is 0 Å². The van der Waals surface area contributed by atoms with Crippen molar-refractivity contribution in [2.75, 3.05) is 37.2 Å². The standard InChI is InChI=1S/C29H34F4N2O5S/c1-3-4-9-25-27(20-17-23(34-41(2,37)38)22(30)18-26(20)40-25)28(36)19-10-11-24(21(16-19)29(31,32)33)39-15-8-14-35-12-6-5-7-13-35/h10-11,16-18,34H,3-9,12-15H2,1-2H3. The van der Waals surface area contributed by atoms with E-state index in [2.05, 4.69) is 9.62 Å². The van der Waals surface area contributed by atoms with Crippen LogP contribution in [0.4, 0.5) is 23.2 Å². The van der Waals surface area contributed by atoms with Crippen molar-refractivity contribution in [3.8, 4) is 5.75 Å². The Labute approximate surface area is 236 Å². The number of alkyl halides is 3. The largest absolute Gasteiger partial charge is 0.493 e. The van der Waals surface area contributed by atoms with E-state index in [1.54, 1.807) is 0 Å². The summed E-state index contributed by atoms with van der Waals surface area (Å²) < 4.78 is 93.6. The normalized spacial score (nSPS) is 14.9. The molecule has 2 heterocycles. The maximum Gasteiger partial charge on any atom is 0.419 e. The molecule has 1 saturated heterocycles. The van der Waals surface area contributed by atoms with E-state index in [-0.39, 0.29) is 46.6 Å². The zero-order valence-corrected chi connectivity index (χ0v) is 23.9. The lowest BCUT2D eigenvalue weighted by Crippen LogP contribution is -2.31. The molecule has 12 heteroatoms. The molecule has 0 amide bonds. The molecule has 1 N–H and O–H groups in total. The van der Waals surface area contributed by atoms with Crippen molar-refractivity contribution in [1.82, 2.24) is 4.90 Å². The minimum atomic E-state index is -4.78. The number of sulfonamides is 1. The maximum absolute atomic E-state index is 14.6. The monoisotopic (exact) mass is 598 g/mol. The van der Waals surface area contributed by atoms with Crippen LogP contribution in [0.2, 0.25) is 0 Å². The van der Waals surface area contributed by atoms with E-state index in [4.69, 9.17) is 9.15 Å². The first-order chi connectivity index (χ1) is 19.4. The van der Waals surface area contributed by atoms with E-state index in [1.165, 1.54) is 12.5 Å². The Kier molecular flexibility index (Phi) is 9.63. The van der Waals surface area contributed by atoms with Gasteiger partial charge in [0.1, 0.15) is 17.1 Å². The smallest absolute Gasteiger partial charge is 0.419 e. The van der Waals surface area contributed by atoms with E-state index in [0.29, 0.717) is 12.8 Å². The molecule has 0 saturated carbocycles. The van der Waals surface area contributed by atoms with Crippen molar-refractivity contribution < 1.29 is 39.9 Å². The number of fused-ring (bicyclic) bond motifs is 1. The number of nitrogens with one attached hydrogen (secondary N) is 1. The minimum Gasteiger partial charge on any atom is -0.493 e. The zero-order chi connectivity index (χ0) is 29.8. The van der Waals surface area contributed by atoms with Gasteiger partial charge in [0.05, 0.1) is 29.7 Å². The number of likely N-dealkylation sites (tertiary alicyclic amines) is 1. The molecule has 1 aromatic heterocycles. The number of aryl methyl sites for hydroxylation is 1. The molecule has 0 radical (unpaired) electrons. The molecule has 3 aromatic rings. The highest BCUT2D eigenvalue weighted by molar-refractivity contribution is 7.92. The van der Waals surface area contributed by atoms with Gasteiger partial charge in [-0.2, -0.15) is 13.2 Å².